The van der Waals surface area contributed by atoms with Gasteiger partial charge in [0, 0.05) is 5.56 Å². The number of unbranched alkanes of at least 4 members (excludes halogenated alkanes) is 2. The number of nitrogens with zero attached hydrogens (tertiary/aromatic N) is 1. The maximum atomic E-state index is 10.4. The van der Waals surface area contributed by atoms with Crippen molar-refractivity contribution in [2.75, 3.05) is 7.11 Å². The van der Waals surface area contributed by atoms with Gasteiger partial charge in [-0.05, 0) is 42.6 Å². The van der Waals surface area contributed by atoms with Gasteiger partial charge in [0.25, 0.3) is 0 Å². The van der Waals surface area contributed by atoms with Gasteiger partial charge in [-0.25, -0.2) is 0 Å². The van der Waals surface area contributed by atoms with E-state index in [1.54, 1.807) is 20.1 Å². The van der Waals surface area contributed by atoms with E-state index in [4.69, 9.17) is 4.74 Å². The highest BCUT2D eigenvalue weighted by Gasteiger charge is 2.03. The molecule has 0 saturated heterocycles. The highest BCUT2D eigenvalue weighted by molar-refractivity contribution is 5.60. The number of hydrogen-bond donors (Lipinski definition) is 0. The Bertz CT molecular complexity index is 425. The minimum absolute atomic E-state index is 0.451. The summed E-state index contributed by atoms with van der Waals surface area (Å²) in [5.41, 5.74) is 2.62. The van der Waals surface area contributed by atoms with Crippen LogP contribution in [0.15, 0.2) is 29.1 Å². The maximum absolute atomic E-state index is 10.4. The molecular weight excluding hydrogens is 226 g/mol. The van der Waals surface area contributed by atoms with E-state index in [-0.39, 0.29) is 0 Å². The van der Waals surface area contributed by atoms with Crippen molar-refractivity contribution in [1.29, 1.82) is 0 Å². The van der Waals surface area contributed by atoms with E-state index in [1.165, 1.54) is 24.8 Å². The number of allylic oxidation sites excluding steroid dienone is 1. The SMILES string of the molecule is CCCCCc1ccc(/C=C(\C)N=O)c(OC)c1. The molecule has 0 unspecified atom stereocenters. The van der Waals surface area contributed by atoms with Crippen LogP contribution >= 0.6 is 0 Å². The van der Waals surface area contributed by atoms with Crippen molar-refractivity contribution in [1.82, 2.24) is 0 Å². The zero-order chi connectivity index (χ0) is 13.4. The van der Waals surface area contributed by atoms with Crippen molar-refractivity contribution in [3.8, 4) is 5.75 Å². The van der Waals surface area contributed by atoms with Crippen molar-refractivity contribution in [2.24, 2.45) is 5.18 Å². The second-order valence-electron chi connectivity index (χ2n) is 4.41. The number of benzene rings is 1. The van der Waals surface area contributed by atoms with Crippen LogP contribution in [0.2, 0.25) is 0 Å². The Labute approximate surface area is 109 Å². The molecule has 0 N–H and O–H groups in total. The molecular formula is C15H21NO2. The molecule has 0 spiro atoms. The van der Waals surface area contributed by atoms with Gasteiger partial charge in [-0.3, -0.25) is 0 Å². The molecule has 3 heteroatoms. The van der Waals surface area contributed by atoms with E-state index in [9.17, 15) is 4.91 Å². The third kappa shape index (κ3) is 4.32. The lowest BCUT2D eigenvalue weighted by molar-refractivity contribution is 0.413. The van der Waals surface area contributed by atoms with E-state index in [2.05, 4.69) is 18.2 Å². The summed E-state index contributed by atoms with van der Waals surface area (Å²) in [5, 5.41) is 2.90. The Morgan fingerprint density at radius 2 is 2.17 bits per heavy atom. The molecule has 0 atom stereocenters. The highest BCUT2D eigenvalue weighted by Crippen LogP contribution is 2.24. The van der Waals surface area contributed by atoms with Crippen molar-refractivity contribution in [3.63, 3.8) is 0 Å². The summed E-state index contributed by atoms with van der Waals surface area (Å²) < 4.78 is 5.35. The largest absolute Gasteiger partial charge is 0.496 e. The third-order valence-corrected chi connectivity index (χ3v) is 2.88. The van der Waals surface area contributed by atoms with Gasteiger partial charge in [0.2, 0.25) is 0 Å². The molecule has 0 aliphatic rings. The monoisotopic (exact) mass is 247 g/mol. The molecule has 1 aromatic carbocycles. The lowest BCUT2D eigenvalue weighted by atomic mass is 10.0. The predicted octanol–water partition coefficient (Wildman–Crippen LogP) is 4.56. The van der Waals surface area contributed by atoms with Crippen LogP contribution in [0.3, 0.4) is 0 Å². The molecule has 3 nitrogen and oxygen atoms in total. The zero-order valence-corrected chi connectivity index (χ0v) is 11.4. The van der Waals surface area contributed by atoms with Crippen LogP contribution in [-0.2, 0) is 6.42 Å². The minimum Gasteiger partial charge on any atom is -0.496 e. The van der Waals surface area contributed by atoms with Crippen LogP contribution in [0.4, 0.5) is 0 Å². The topological polar surface area (TPSA) is 38.7 Å². The number of hydrogen-bond acceptors (Lipinski definition) is 3. The Kier molecular flexibility index (Phi) is 6.12. The predicted molar refractivity (Wildman–Crippen MR) is 75.7 cm³/mol. The molecule has 1 rings (SSSR count). The molecule has 0 amide bonds. The molecule has 0 saturated carbocycles. The molecule has 0 aliphatic heterocycles. The number of methoxy groups -OCH3 is 1. The Morgan fingerprint density at radius 3 is 2.78 bits per heavy atom. The van der Waals surface area contributed by atoms with Crippen molar-refractivity contribution in [2.45, 2.75) is 39.5 Å². The van der Waals surface area contributed by atoms with Gasteiger partial charge in [0.1, 0.15) is 5.75 Å². The van der Waals surface area contributed by atoms with E-state index < -0.39 is 0 Å². The van der Waals surface area contributed by atoms with E-state index in [0.29, 0.717) is 5.70 Å². The van der Waals surface area contributed by atoms with Crippen LogP contribution in [0.5, 0.6) is 5.75 Å². The fraction of sp³-hybridized carbons (Fsp3) is 0.467. The van der Waals surface area contributed by atoms with Crippen LogP contribution in [-0.4, -0.2) is 7.11 Å². The number of aryl methyl sites for hydroxylation is 1. The van der Waals surface area contributed by atoms with Gasteiger partial charge < -0.3 is 4.74 Å². The average molecular weight is 247 g/mol. The maximum Gasteiger partial charge on any atom is 0.126 e. The minimum atomic E-state index is 0.451. The van der Waals surface area contributed by atoms with Crippen molar-refractivity contribution < 1.29 is 4.74 Å². The Hall–Kier alpha value is -1.64. The third-order valence-electron chi connectivity index (χ3n) is 2.88. The Morgan fingerprint density at radius 1 is 1.39 bits per heavy atom. The molecule has 0 heterocycles. The van der Waals surface area contributed by atoms with Gasteiger partial charge in [-0.1, -0.05) is 31.9 Å². The van der Waals surface area contributed by atoms with Crippen molar-refractivity contribution in [3.05, 3.63) is 39.9 Å². The molecule has 18 heavy (non-hydrogen) atoms. The average Bonchev–Trinajstić information content (AvgIpc) is 2.40. The van der Waals surface area contributed by atoms with Crippen LogP contribution < -0.4 is 4.74 Å². The molecule has 0 fully saturated rings. The first-order valence-electron chi connectivity index (χ1n) is 6.39. The summed E-state index contributed by atoms with van der Waals surface area (Å²) in [5.74, 6) is 0.798. The normalized spacial score (nSPS) is 11.4. The summed E-state index contributed by atoms with van der Waals surface area (Å²) in [6, 6.07) is 6.11. The summed E-state index contributed by atoms with van der Waals surface area (Å²) in [7, 11) is 1.65. The van der Waals surface area contributed by atoms with E-state index >= 15 is 0 Å². The fourth-order valence-corrected chi connectivity index (χ4v) is 1.86. The van der Waals surface area contributed by atoms with Crippen LogP contribution in [0.25, 0.3) is 6.08 Å². The lowest BCUT2D eigenvalue weighted by Gasteiger charge is -2.08. The smallest absolute Gasteiger partial charge is 0.126 e. The van der Waals surface area contributed by atoms with E-state index in [0.717, 1.165) is 17.7 Å². The van der Waals surface area contributed by atoms with Crippen molar-refractivity contribution >= 4 is 6.08 Å². The first-order valence-corrected chi connectivity index (χ1v) is 6.39. The number of rotatable bonds is 7. The van der Waals surface area contributed by atoms with Gasteiger partial charge in [0.05, 0.1) is 12.8 Å². The summed E-state index contributed by atoms with van der Waals surface area (Å²) in [6.07, 6.45) is 6.48. The van der Waals surface area contributed by atoms with Crippen LogP contribution in [0.1, 0.15) is 44.2 Å². The highest BCUT2D eigenvalue weighted by atomic mass is 16.5. The lowest BCUT2D eigenvalue weighted by Crippen LogP contribution is -1.91. The standard InChI is InChI=1S/C15H21NO2/c1-4-5-6-7-13-8-9-14(10-12(2)16-17)15(11-13)18-3/h8-11H,4-7H2,1-3H3/b12-10+. The second-order valence-corrected chi connectivity index (χ2v) is 4.41. The summed E-state index contributed by atoms with van der Waals surface area (Å²) in [4.78, 5) is 10.4. The summed E-state index contributed by atoms with van der Waals surface area (Å²) in [6.45, 7) is 3.88. The quantitative estimate of drug-likeness (QED) is 0.523. The molecule has 1 aromatic rings. The Balaban J connectivity index is 2.86. The molecule has 0 aliphatic carbocycles. The first-order chi connectivity index (χ1) is 8.71. The number of ether oxygens (including phenoxy) is 1. The van der Waals surface area contributed by atoms with Gasteiger partial charge in [0.15, 0.2) is 0 Å². The van der Waals surface area contributed by atoms with Gasteiger partial charge in [-0.15, -0.1) is 4.91 Å². The second kappa shape index (κ2) is 7.64. The molecule has 0 aromatic heterocycles. The zero-order valence-electron chi connectivity index (χ0n) is 11.4. The van der Waals surface area contributed by atoms with Gasteiger partial charge in [-0.2, -0.15) is 0 Å². The fourth-order valence-electron chi connectivity index (χ4n) is 1.86. The number of nitroso groups, excluding NO2 is 1. The summed E-state index contributed by atoms with van der Waals surface area (Å²) >= 11 is 0. The van der Waals surface area contributed by atoms with Crippen LogP contribution in [0, 0.1) is 4.91 Å². The molecule has 0 radical (unpaired) electrons. The molecule has 0 bridgehead atoms. The van der Waals surface area contributed by atoms with Gasteiger partial charge >= 0.3 is 0 Å². The van der Waals surface area contributed by atoms with E-state index in [1.807, 2.05) is 12.1 Å². The first kappa shape index (κ1) is 14.4. The molecule has 98 valence electrons.